The van der Waals surface area contributed by atoms with Crippen LogP contribution in [0.5, 0.6) is 11.5 Å². The van der Waals surface area contributed by atoms with E-state index in [0.29, 0.717) is 12.8 Å². The van der Waals surface area contributed by atoms with Crippen LogP contribution in [0.2, 0.25) is 0 Å². The standard InChI is InChI=1S/C26H36N2O4/c1-25(2,3)19-11-17(13-21(29)15-19)7-9-23(31)27-28-24(32)10-8-18-12-20(26(4,5)6)16-22(30)14-18/h11-16,29-30H,7-10H2,1-6H3,(H,27,31)(H,28,32). The molecule has 2 aromatic rings. The van der Waals surface area contributed by atoms with Gasteiger partial charge in [-0.15, -0.1) is 0 Å². The molecule has 0 saturated heterocycles. The average Bonchev–Trinajstić information content (AvgIpc) is 2.67. The maximum atomic E-state index is 12.1. The molecule has 6 heteroatoms. The fourth-order valence-corrected chi connectivity index (χ4v) is 3.28. The summed E-state index contributed by atoms with van der Waals surface area (Å²) in [6.07, 6.45) is 1.29. The molecular formula is C26H36N2O4. The number of aromatic hydroxyl groups is 2. The van der Waals surface area contributed by atoms with Gasteiger partial charge in [0.2, 0.25) is 11.8 Å². The Hall–Kier alpha value is -3.02. The van der Waals surface area contributed by atoms with Crippen LogP contribution in [0.3, 0.4) is 0 Å². The fourth-order valence-electron chi connectivity index (χ4n) is 3.28. The highest BCUT2D eigenvalue weighted by molar-refractivity contribution is 5.82. The number of hydrogen-bond acceptors (Lipinski definition) is 4. The predicted octanol–water partition coefficient (Wildman–Crippen LogP) is 4.41. The van der Waals surface area contributed by atoms with Crippen molar-refractivity contribution < 1.29 is 19.8 Å². The van der Waals surface area contributed by atoms with Crippen molar-refractivity contribution in [3.8, 4) is 11.5 Å². The molecule has 174 valence electrons. The summed E-state index contributed by atoms with van der Waals surface area (Å²) in [6, 6.07) is 10.8. The van der Waals surface area contributed by atoms with Crippen molar-refractivity contribution in [1.29, 1.82) is 0 Å². The minimum absolute atomic E-state index is 0.104. The lowest BCUT2D eigenvalue weighted by atomic mass is 9.85. The zero-order chi connectivity index (χ0) is 24.1. The molecule has 0 aromatic heterocycles. The zero-order valence-electron chi connectivity index (χ0n) is 20.0. The molecule has 2 aromatic carbocycles. The first-order valence-electron chi connectivity index (χ1n) is 11.0. The van der Waals surface area contributed by atoms with Gasteiger partial charge >= 0.3 is 0 Å². The smallest absolute Gasteiger partial charge is 0.238 e. The van der Waals surface area contributed by atoms with Crippen molar-refractivity contribution in [2.24, 2.45) is 0 Å². The number of hydrogen-bond donors (Lipinski definition) is 4. The lowest BCUT2D eigenvalue weighted by Crippen LogP contribution is -2.41. The molecule has 6 nitrogen and oxygen atoms in total. The largest absolute Gasteiger partial charge is 0.508 e. The maximum absolute atomic E-state index is 12.1. The Bertz CT molecular complexity index is 889. The van der Waals surface area contributed by atoms with Gasteiger partial charge in [-0.2, -0.15) is 0 Å². The van der Waals surface area contributed by atoms with Crippen molar-refractivity contribution in [3.63, 3.8) is 0 Å². The summed E-state index contributed by atoms with van der Waals surface area (Å²) in [4.78, 5) is 24.3. The molecule has 0 heterocycles. The molecule has 0 spiro atoms. The second kappa shape index (κ2) is 10.1. The first-order chi connectivity index (χ1) is 14.7. The molecule has 0 fully saturated rings. The highest BCUT2D eigenvalue weighted by Crippen LogP contribution is 2.28. The number of hydrazine groups is 1. The Morgan fingerprint density at radius 3 is 1.31 bits per heavy atom. The Labute approximate surface area is 191 Å². The Morgan fingerprint density at radius 2 is 1.00 bits per heavy atom. The molecule has 0 saturated carbocycles. The number of nitrogens with one attached hydrogen (secondary N) is 2. The number of rotatable bonds is 6. The van der Waals surface area contributed by atoms with Gasteiger partial charge in [-0.3, -0.25) is 20.4 Å². The van der Waals surface area contributed by atoms with Crippen LogP contribution in [-0.4, -0.2) is 22.0 Å². The van der Waals surface area contributed by atoms with Gasteiger partial charge in [0.25, 0.3) is 0 Å². The van der Waals surface area contributed by atoms with E-state index >= 15 is 0 Å². The van der Waals surface area contributed by atoms with E-state index in [1.54, 1.807) is 24.3 Å². The summed E-state index contributed by atoms with van der Waals surface area (Å²) in [5.41, 5.74) is 8.43. The minimum Gasteiger partial charge on any atom is -0.508 e. The highest BCUT2D eigenvalue weighted by atomic mass is 16.3. The van der Waals surface area contributed by atoms with E-state index in [4.69, 9.17) is 0 Å². The van der Waals surface area contributed by atoms with Crippen molar-refractivity contribution in [2.45, 2.75) is 78.1 Å². The van der Waals surface area contributed by atoms with Gasteiger partial charge in [0.1, 0.15) is 11.5 Å². The van der Waals surface area contributed by atoms with Gasteiger partial charge in [-0.25, -0.2) is 0 Å². The van der Waals surface area contributed by atoms with Crippen LogP contribution in [0.4, 0.5) is 0 Å². The minimum atomic E-state index is -0.300. The molecule has 2 amide bonds. The second-order valence-corrected chi connectivity index (χ2v) is 10.4. The van der Waals surface area contributed by atoms with Crippen LogP contribution in [0, 0.1) is 0 Å². The zero-order valence-corrected chi connectivity index (χ0v) is 20.0. The molecular weight excluding hydrogens is 404 g/mol. The summed E-state index contributed by atoms with van der Waals surface area (Å²) in [7, 11) is 0. The van der Waals surface area contributed by atoms with Crippen molar-refractivity contribution in [1.82, 2.24) is 10.9 Å². The Balaban J connectivity index is 1.82. The molecule has 0 aliphatic heterocycles. The van der Waals surface area contributed by atoms with E-state index in [0.717, 1.165) is 22.3 Å². The highest BCUT2D eigenvalue weighted by Gasteiger charge is 2.17. The van der Waals surface area contributed by atoms with Crippen molar-refractivity contribution in [3.05, 3.63) is 58.7 Å². The third kappa shape index (κ3) is 7.91. The molecule has 0 radical (unpaired) electrons. The lowest BCUT2D eigenvalue weighted by Gasteiger charge is -2.20. The van der Waals surface area contributed by atoms with E-state index in [-0.39, 0.29) is 47.0 Å². The number of carbonyl (C=O) groups excluding carboxylic acids is 2. The number of benzene rings is 2. The molecule has 0 atom stereocenters. The van der Waals surface area contributed by atoms with E-state index in [1.165, 1.54) is 0 Å². The van der Waals surface area contributed by atoms with Gasteiger partial charge < -0.3 is 10.2 Å². The van der Waals surface area contributed by atoms with Crippen LogP contribution >= 0.6 is 0 Å². The summed E-state index contributed by atoms with van der Waals surface area (Å²) in [5, 5.41) is 19.9. The van der Waals surface area contributed by atoms with E-state index in [9.17, 15) is 19.8 Å². The number of phenolic OH excluding ortho intramolecular Hbond substituents is 2. The third-order valence-corrected chi connectivity index (χ3v) is 5.31. The maximum Gasteiger partial charge on any atom is 0.238 e. The quantitative estimate of drug-likeness (QED) is 0.500. The fraction of sp³-hybridized carbons (Fsp3) is 0.462. The SMILES string of the molecule is CC(C)(C)c1cc(O)cc(CCC(=O)NNC(=O)CCc2cc(O)cc(C(C)(C)C)c2)c1. The van der Waals surface area contributed by atoms with Crippen molar-refractivity contribution >= 4 is 11.8 Å². The monoisotopic (exact) mass is 440 g/mol. The topological polar surface area (TPSA) is 98.7 Å². The van der Waals surface area contributed by atoms with Gasteiger partial charge in [0.05, 0.1) is 0 Å². The first-order valence-corrected chi connectivity index (χ1v) is 11.0. The van der Waals surface area contributed by atoms with Crippen molar-refractivity contribution in [2.75, 3.05) is 0 Å². The molecule has 2 rings (SSSR count). The summed E-state index contributed by atoms with van der Waals surface area (Å²) >= 11 is 0. The second-order valence-electron chi connectivity index (χ2n) is 10.4. The predicted molar refractivity (Wildman–Crippen MR) is 127 cm³/mol. The summed E-state index contributed by atoms with van der Waals surface area (Å²) < 4.78 is 0. The lowest BCUT2D eigenvalue weighted by molar-refractivity contribution is -0.128. The van der Waals surface area contributed by atoms with Gasteiger partial charge in [-0.1, -0.05) is 53.7 Å². The van der Waals surface area contributed by atoms with E-state index in [1.807, 2.05) is 12.1 Å². The normalized spacial score (nSPS) is 11.8. The molecule has 0 unspecified atom stereocenters. The summed E-state index contributed by atoms with van der Waals surface area (Å²) in [6.45, 7) is 12.4. The Kier molecular flexibility index (Phi) is 7.94. The first kappa shape index (κ1) is 25.2. The third-order valence-electron chi connectivity index (χ3n) is 5.31. The number of aryl methyl sites for hydroxylation is 2. The van der Waals surface area contributed by atoms with Crippen LogP contribution in [0.25, 0.3) is 0 Å². The molecule has 0 aliphatic carbocycles. The molecule has 0 bridgehead atoms. The van der Waals surface area contributed by atoms with E-state index < -0.39 is 0 Å². The van der Waals surface area contributed by atoms with E-state index in [2.05, 4.69) is 52.4 Å². The van der Waals surface area contributed by atoms with Crippen LogP contribution in [0.15, 0.2) is 36.4 Å². The van der Waals surface area contributed by atoms with Gasteiger partial charge in [0, 0.05) is 12.8 Å². The van der Waals surface area contributed by atoms with Gasteiger partial charge in [0.15, 0.2) is 0 Å². The van der Waals surface area contributed by atoms with Gasteiger partial charge in [-0.05, 0) is 70.2 Å². The average molecular weight is 441 g/mol. The number of phenols is 2. The summed E-state index contributed by atoms with van der Waals surface area (Å²) in [5.74, 6) is -0.233. The molecule has 0 aliphatic rings. The van der Waals surface area contributed by atoms with Crippen LogP contribution in [0.1, 0.15) is 76.6 Å². The molecule has 32 heavy (non-hydrogen) atoms. The molecule has 4 N–H and O–H groups in total. The Morgan fingerprint density at radius 1 is 0.656 bits per heavy atom. The van der Waals surface area contributed by atoms with Crippen LogP contribution < -0.4 is 10.9 Å². The number of amides is 2. The number of carbonyl (C=O) groups is 2. The van der Waals surface area contributed by atoms with Crippen LogP contribution in [-0.2, 0) is 33.3 Å².